The molecular formula is C19H18ClF2N3O2. The van der Waals surface area contributed by atoms with Crippen LogP contribution in [0.3, 0.4) is 0 Å². The molecule has 5 nitrogen and oxygen atoms in total. The molecule has 2 N–H and O–H groups in total. The number of aromatic nitrogens is 2. The van der Waals surface area contributed by atoms with Crippen molar-refractivity contribution >= 4 is 12.4 Å². The quantitative estimate of drug-likeness (QED) is 0.667. The van der Waals surface area contributed by atoms with Crippen LogP contribution in [0.4, 0.5) is 8.78 Å². The zero-order chi connectivity index (χ0) is 18.1. The fraction of sp³-hybridized carbons (Fsp3) is 0.263. The third-order valence-electron chi connectivity index (χ3n) is 4.53. The van der Waals surface area contributed by atoms with Crippen molar-refractivity contribution in [1.29, 1.82) is 0 Å². The molecule has 2 aromatic carbocycles. The lowest BCUT2D eigenvalue weighted by Gasteiger charge is -2.09. The van der Waals surface area contributed by atoms with E-state index >= 15 is 0 Å². The average Bonchev–Trinajstić information content (AvgIpc) is 3.29. The maximum atomic E-state index is 12.6. The summed E-state index contributed by atoms with van der Waals surface area (Å²) in [5, 5.41) is 4.03. The van der Waals surface area contributed by atoms with Gasteiger partial charge >= 0.3 is 6.61 Å². The average molecular weight is 394 g/mol. The van der Waals surface area contributed by atoms with Gasteiger partial charge in [0.2, 0.25) is 11.7 Å². The van der Waals surface area contributed by atoms with Crippen molar-refractivity contribution in [3.63, 3.8) is 0 Å². The molecular weight excluding hydrogens is 376 g/mol. The summed E-state index contributed by atoms with van der Waals surface area (Å²) < 4.78 is 35.2. The molecule has 0 aliphatic heterocycles. The van der Waals surface area contributed by atoms with E-state index in [1.807, 2.05) is 24.3 Å². The van der Waals surface area contributed by atoms with Crippen LogP contribution in [0.15, 0.2) is 53.1 Å². The Morgan fingerprint density at radius 1 is 1.11 bits per heavy atom. The van der Waals surface area contributed by atoms with E-state index in [1.165, 1.54) is 0 Å². The van der Waals surface area contributed by atoms with Crippen molar-refractivity contribution in [3.8, 4) is 17.1 Å². The maximum Gasteiger partial charge on any atom is 0.387 e. The van der Waals surface area contributed by atoms with Gasteiger partial charge in [0.25, 0.3) is 0 Å². The molecule has 1 saturated carbocycles. The number of para-hydroxylation sites is 1. The van der Waals surface area contributed by atoms with Crippen molar-refractivity contribution < 1.29 is 18.0 Å². The van der Waals surface area contributed by atoms with Crippen LogP contribution in [0.25, 0.3) is 11.4 Å². The molecule has 0 radical (unpaired) electrons. The second-order valence-corrected chi connectivity index (χ2v) is 6.22. The van der Waals surface area contributed by atoms with E-state index in [-0.39, 0.29) is 30.0 Å². The summed E-state index contributed by atoms with van der Waals surface area (Å²) in [5.41, 5.74) is 8.20. The van der Waals surface area contributed by atoms with Crippen LogP contribution in [0.2, 0.25) is 0 Å². The molecule has 8 heteroatoms. The number of hydrogen-bond acceptors (Lipinski definition) is 5. The molecule has 4 rings (SSSR count). The van der Waals surface area contributed by atoms with Crippen molar-refractivity contribution in [2.24, 2.45) is 5.73 Å². The van der Waals surface area contributed by atoms with E-state index in [4.69, 9.17) is 10.3 Å². The highest BCUT2D eigenvalue weighted by Gasteiger charge is 2.45. The summed E-state index contributed by atoms with van der Waals surface area (Å²) in [6.45, 7) is -2.37. The SMILES string of the molecule is Cl.NCc1ccc(-c2noc(C3CC3c3ccccc3OC(F)F)n2)cc1. The Morgan fingerprint density at radius 2 is 1.85 bits per heavy atom. The molecule has 3 aromatic rings. The monoisotopic (exact) mass is 393 g/mol. The van der Waals surface area contributed by atoms with Crippen molar-refractivity contribution in [2.75, 3.05) is 0 Å². The number of alkyl halides is 2. The highest BCUT2D eigenvalue weighted by molar-refractivity contribution is 5.85. The Kier molecular flexibility index (Phi) is 5.72. The molecule has 0 amide bonds. The zero-order valence-corrected chi connectivity index (χ0v) is 15.0. The Hall–Kier alpha value is -2.51. The van der Waals surface area contributed by atoms with Gasteiger partial charge in [-0.3, -0.25) is 0 Å². The first-order valence-corrected chi connectivity index (χ1v) is 8.32. The van der Waals surface area contributed by atoms with Crippen molar-refractivity contribution in [3.05, 3.63) is 65.5 Å². The molecule has 2 unspecified atom stereocenters. The van der Waals surface area contributed by atoms with Gasteiger partial charge in [-0.2, -0.15) is 13.8 Å². The molecule has 1 aliphatic rings. The first kappa shape index (κ1) is 19.3. The third kappa shape index (κ3) is 4.09. The number of ether oxygens (including phenoxy) is 1. The van der Waals surface area contributed by atoms with E-state index in [1.54, 1.807) is 24.3 Å². The fourth-order valence-corrected chi connectivity index (χ4v) is 3.09. The lowest BCUT2D eigenvalue weighted by Crippen LogP contribution is -2.04. The predicted octanol–water partition coefficient (Wildman–Crippen LogP) is 4.49. The van der Waals surface area contributed by atoms with Crippen LogP contribution in [0, 0.1) is 0 Å². The molecule has 0 bridgehead atoms. The molecule has 1 aromatic heterocycles. The first-order valence-electron chi connectivity index (χ1n) is 8.32. The maximum absolute atomic E-state index is 12.6. The molecule has 27 heavy (non-hydrogen) atoms. The van der Waals surface area contributed by atoms with Gasteiger partial charge in [-0.15, -0.1) is 12.4 Å². The minimum absolute atomic E-state index is 0. The van der Waals surface area contributed by atoms with Gasteiger partial charge in [0, 0.05) is 18.0 Å². The lowest BCUT2D eigenvalue weighted by atomic mass is 10.1. The first-order chi connectivity index (χ1) is 12.7. The van der Waals surface area contributed by atoms with E-state index < -0.39 is 6.61 Å². The summed E-state index contributed by atoms with van der Waals surface area (Å²) in [6.07, 6.45) is 0.761. The summed E-state index contributed by atoms with van der Waals surface area (Å²) in [5.74, 6) is 1.28. The smallest absolute Gasteiger partial charge is 0.387 e. The van der Waals surface area contributed by atoms with Gasteiger partial charge in [-0.25, -0.2) is 0 Å². The Balaban J connectivity index is 0.00000210. The lowest BCUT2D eigenvalue weighted by molar-refractivity contribution is -0.0504. The Labute approximate surface area is 160 Å². The summed E-state index contributed by atoms with van der Waals surface area (Å²) >= 11 is 0. The van der Waals surface area contributed by atoms with Gasteiger partial charge in [0.05, 0.1) is 0 Å². The van der Waals surface area contributed by atoms with E-state index in [0.717, 1.165) is 23.1 Å². The Morgan fingerprint density at radius 3 is 2.56 bits per heavy atom. The van der Waals surface area contributed by atoms with Gasteiger partial charge in [-0.05, 0) is 29.5 Å². The second kappa shape index (κ2) is 8.02. The second-order valence-electron chi connectivity index (χ2n) is 6.22. The zero-order valence-electron chi connectivity index (χ0n) is 14.2. The van der Waals surface area contributed by atoms with Crippen LogP contribution in [-0.2, 0) is 6.54 Å². The molecule has 0 spiro atoms. The predicted molar refractivity (Wildman–Crippen MR) is 98.0 cm³/mol. The Bertz CT molecular complexity index is 902. The number of rotatable bonds is 6. The number of nitrogens with zero attached hydrogens (tertiary/aromatic N) is 2. The number of halogens is 3. The minimum Gasteiger partial charge on any atom is -0.435 e. The topological polar surface area (TPSA) is 74.2 Å². The van der Waals surface area contributed by atoms with E-state index in [2.05, 4.69) is 14.9 Å². The van der Waals surface area contributed by atoms with Gasteiger partial charge in [0.15, 0.2) is 0 Å². The fourth-order valence-electron chi connectivity index (χ4n) is 3.09. The minimum atomic E-state index is -2.85. The van der Waals surface area contributed by atoms with Crippen LogP contribution in [-0.4, -0.2) is 16.8 Å². The molecule has 1 fully saturated rings. The molecule has 1 aliphatic carbocycles. The van der Waals surface area contributed by atoms with E-state index in [9.17, 15) is 8.78 Å². The van der Waals surface area contributed by atoms with Gasteiger partial charge in [0.1, 0.15) is 5.75 Å². The highest BCUT2D eigenvalue weighted by atomic mass is 35.5. The molecule has 2 atom stereocenters. The largest absolute Gasteiger partial charge is 0.435 e. The normalized spacial score (nSPS) is 18.2. The van der Waals surface area contributed by atoms with E-state index in [0.29, 0.717) is 18.3 Å². The molecule has 0 saturated heterocycles. The third-order valence-corrected chi connectivity index (χ3v) is 4.53. The number of nitrogens with two attached hydrogens (primary N) is 1. The number of hydrogen-bond donors (Lipinski definition) is 1. The van der Waals surface area contributed by atoms with Gasteiger partial charge < -0.3 is 15.0 Å². The summed E-state index contributed by atoms with van der Waals surface area (Å²) in [6, 6.07) is 14.5. The molecule has 1 heterocycles. The van der Waals surface area contributed by atoms with Crippen LogP contribution in [0.5, 0.6) is 5.75 Å². The van der Waals surface area contributed by atoms with Crippen molar-refractivity contribution in [1.82, 2.24) is 10.1 Å². The van der Waals surface area contributed by atoms with Crippen LogP contribution in [0.1, 0.15) is 35.3 Å². The standard InChI is InChI=1S/C19H17F2N3O2.ClH/c20-19(21)25-16-4-2-1-3-13(16)14-9-15(14)18-23-17(24-26-18)12-7-5-11(10-22)6-8-12;/h1-8,14-15,19H,9-10,22H2;1H. The summed E-state index contributed by atoms with van der Waals surface area (Å²) in [7, 11) is 0. The molecule has 142 valence electrons. The van der Waals surface area contributed by atoms with Crippen LogP contribution < -0.4 is 10.5 Å². The van der Waals surface area contributed by atoms with Gasteiger partial charge in [-0.1, -0.05) is 47.6 Å². The number of benzene rings is 2. The van der Waals surface area contributed by atoms with Crippen molar-refractivity contribution in [2.45, 2.75) is 31.4 Å². The summed E-state index contributed by atoms with van der Waals surface area (Å²) in [4.78, 5) is 4.47. The highest BCUT2D eigenvalue weighted by Crippen LogP contribution is 2.56. The van der Waals surface area contributed by atoms with Crippen LogP contribution >= 0.6 is 12.4 Å².